The third kappa shape index (κ3) is 4.07. The molecule has 1 atom stereocenters. The van der Waals surface area contributed by atoms with Gasteiger partial charge in [0.05, 0.1) is 25.2 Å². The topological polar surface area (TPSA) is 61.8 Å². The first kappa shape index (κ1) is 21.9. The molecular formula is C27H28O5. The summed E-state index contributed by atoms with van der Waals surface area (Å²) in [4.78, 5) is 26.7. The molecule has 2 aliphatic rings. The number of methoxy groups -OCH3 is 1. The molecule has 1 aliphatic carbocycles. The quantitative estimate of drug-likeness (QED) is 0.590. The van der Waals surface area contributed by atoms with Gasteiger partial charge in [0.15, 0.2) is 5.78 Å². The number of hydrogen-bond donors (Lipinski definition) is 0. The molecular weight excluding hydrogens is 404 g/mol. The highest BCUT2D eigenvalue weighted by atomic mass is 16.5. The zero-order valence-electron chi connectivity index (χ0n) is 18.9. The van der Waals surface area contributed by atoms with E-state index in [2.05, 4.69) is 13.8 Å². The molecule has 0 amide bonds. The van der Waals surface area contributed by atoms with Gasteiger partial charge in [-0.25, -0.2) is 4.79 Å². The van der Waals surface area contributed by atoms with Crippen LogP contribution in [0.3, 0.4) is 0 Å². The van der Waals surface area contributed by atoms with E-state index < -0.39 is 11.9 Å². The molecule has 166 valence electrons. The highest BCUT2D eigenvalue weighted by Gasteiger charge is 2.45. The van der Waals surface area contributed by atoms with Gasteiger partial charge in [0, 0.05) is 24.0 Å². The summed E-state index contributed by atoms with van der Waals surface area (Å²) >= 11 is 0. The average Bonchev–Trinajstić information content (AvgIpc) is 2.78. The molecule has 1 heterocycles. The second-order valence-corrected chi connectivity index (χ2v) is 8.92. The first-order valence-corrected chi connectivity index (χ1v) is 10.9. The van der Waals surface area contributed by atoms with Crippen LogP contribution in [0.25, 0.3) is 5.76 Å². The predicted molar refractivity (Wildman–Crippen MR) is 122 cm³/mol. The SMILES string of the molecule is CCOC(=O)C1=C(c2ccccc2)OC2=C(C(=O)CC(C)(C)C2)C1c1ccc(OC)cc1. The van der Waals surface area contributed by atoms with Crippen molar-refractivity contribution in [2.45, 2.75) is 39.5 Å². The Hall–Kier alpha value is -3.34. The average molecular weight is 433 g/mol. The maximum atomic E-state index is 13.4. The number of carbonyl (C=O) groups is 2. The van der Waals surface area contributed by atoms with E-state index in [0.717, 1.165) is 11.1 Å². The second-order valence-electron chi connectivity index (χ2n) is 8.92. The van der Waals surface area contributed by atoms with Crippen molar-refractivity contribution in [3.05, 3.63) is 82.6 Å². The summed E-state index contributed by atoms with van der Waals surface area (Å²) in [6, 6.07) is 17.0. The Kier molecular flexibility index (Phi) is 5.92. The van der Waals surface area contributed by atoms with Crippen LogP contribution in [0.4, 0.5) is 0 Å². The van der Waals surface area contributed by atoms with Gasteiger partial charge in [-0.2, -0.15) is 0 Å². The van der Waals surface area contributed by atoms with Crippen molar-refractivity contribution in [3.8, 4) is 5.75 Å². The normalized spacial score (nSPS) is 19.9. The van der Waals surface area contributed by atoms with Gasteiger partial charge in [0.1, 0.15) is 17.3 Å². The van der Waals surface area contributed by atoms with E-state index in [1.807, 2.05) is 54.6 Å². The van der Waals surface area contributed by atoms with Crippen LogP contribution in [-0.4, -0.2) is 25.5 Å². The molecule has 0 fully saturated rings. The summed E-state index contributed by atoms with van der Waals surface area (Å²) < 4.78 is 17.1. The Morgan fingerprint density at radius 1 is 1.06 bits per heavy atom. The van der Waals surface area contributed by atoms with E-state index in [1.54, 1.807) is 14.0 Å². The van der Waals surface area contributed by atoms with Gasteiger partial charge in [-0.05, 0) is 30.0 Å². The summed E-state index contributed by atoms with van der Waals surface area (Å²) in [5, 5.41) is 0. The van der Waals surface area contributed by atoms with Crippen LogP contribution in [0, 0.1) is 5.41 Å². The molecule has 0 N–H and O–H groups in total. The summed E-state index contributed by atoms with van der Waals surface area (Å²) in [7, 11) is 1.61. The molecule has 1 unspecified atom stereocenters. The first-order chi connectivity index (χ1) is 15.3. The number of hydrogen-bond acceptors (Lipinski definition) is 5. The van der Waals surface area contributed by atoms with E-state index >= 15 is 0 Å². The first-order valence-electron chi connectivity index (χ1n) is 10.9. The number of esters is 1. The van der Waals surface area contributed by atoms with Crippen LogP contribution in [0.1, 0.15) is 50.7 Å². The molecule has 0 saturated heterocycles. The number of Topliss-reactive ketones (excluding diaryl/α,β-unsaturated/α-hetero) is 1. The largest absolute Gasteiger partial charge is 0.497 e. The van der Waals surface area contributed by atoms with Gasteiger partial charge in [0.2, 0.25) is 0 Å². The van der Waals surface area contributed by atoms with Gasteiger partial charge in [-0.1, -0.05) is 56.3 Å². The molecule has 1 aliphatic heterocycles. The van der Waals surface area contributed by atoms with Gasteiger partial charge in [-0.3, -0.25) is 4.79 Å². The van der Waals surface area contributed by atoms with Gasteiger partial charge < -0.3 is 14.2 Å². The fourth-order valence-corrected chi connectivity index (χ4v) is 4.50. The standard InChI is InChI=1S/C27H28O5/c1-5-31-26(29)24-22(17-11-13-19(30-4)14-12-17)23-20(28)15-27(2,3)16-21(23)32-25(24)18-9-7-6-8-10-18/h6-14,22H,5,15-16H2,1-4H3. The van der Waals surface area contributed by atoms with Crippen molar-refractivity contribution in [2.24, 2.45) is 5.41 Å². The molecule has 0 aromatic heterocycles. The van der Waals surface area contributed by atoms with Gasteiger partial charge in [0.25, 0.3) is 0 Å². The lowest BCUT2D eigenvalue weighted by atomic mass is 9.69. The molecule has 2 aromatic rings. The van der Waals surface area contributed by atoms with E-state index in [9.17, 15) is 9.59 Å². The molecule has 5 heteroatoms. The predicted octanol–water partition coefficient (Wildman–Crippen LogP) is 5.43. The van der Waals surface area contributed by atoms with E-state index in [4.69, 9.17) is 14.2 Å². The van der Waals surface area contributed by atoms with Crippen LogP contribution in [0.15, 0.2) is 71.5 Å². The Morgan fingerprint density at radius 3 is 2.38 bits per heavy atom. The molecule has 0 spiro atoms. The Balaban J connectivity index is 1.97. The van der Waals surface area contributed by atoms with Crippen LogP contribution in [-0.2, 0) is 19.1 Å². The lowest BCUT2D eigenvalue weighted by Gasteiger charge is -2.38. The molecule has 2 aromatic carbocycles. The molecule has 0 bridgehead atoms. The van der Waals surface area contributed by atoms with Crippen molar-refractivity contribution in [1.29, 1.82) is 0 Å². The molecule has 32 heavy (non-hydrogen) atoms. The molecule has 0 radical (unpaired) electrons. The summed E-state index contributed by atoms with van der Waals surface area (Å²) in [5.74, 6) is 0.758. The zero-order valence-corrected chi connectivity index (χ0v) is 18.9. The van der Waals surface area contributed by atoms with Crippen molar-refractivity contribution in [3.63, 3.8) is 0 Å². The minimum atomic E-state index is -0.567. The lowest BCUT2D eigenvalue weighted by molar-refractivity contribution is -0.138. The highest BCUT2D eigenvalue weighted by Crippen LogP contribution is 2.50. The zero-order chi connectivity index (χ0) is 22.9. The molecule has 4 rings (SSSR count). The third-order valence-electron chi connectivity index (χ3n) is 5.91. The number of allylic oxidation sites excluding steroid dienone is 2. The Bertz CT molecular complexity index is 1090. The van der Waals surface area contributed by atoms with Crippen LogP contribution >= 0.6 is 0 Å². The number of ether oxygens (including phenoxy) is 3. The number of ketones is 1. The maximum absolute atomic E-state index is 13.4. The second kappa shape index (κ2) is 8.65. The number of carbonyl (C=O) groups excluding carboxylic acids is 2. The monoisotopic (exact) mass is 432 g/mol. The number of benzene rings is 2. The summed E-state index contributed by atoms with van der Waals surface area (Å²) in [6.45, 7) is 6.12. The minimum absolute atomic E-state index is 0.00554. The summed E-state index contributed by atoms with van der Waals surface area (Å²) in [5.41, 5.74) is 2.29. The Labute approximate surface area is 188 Å². The van der Waals surface area contributed by atoms with E-state index in [1.165, 1.54) is 0 Å². The van der Waals surface area contributed by atoms with Gasteiger partial charge >= 0.3 is 5.97 Å². The summed E-state index contributed by atoms with van der Waals surface area (Å²) in [6.07, 6.45) is 1.02. The van der Waals surface area contributed by atoms with E-state index in [-0.39, 0.29) is 17.8 Å². The van der Waals surface area contributed by atoms with Crippen molar-refractivity contribution < 1.29 is 23.8 Å². The van der Waals surface area contributed by atoms with Crippen LogP contribution < -0.4 is 4.74 Å². The van der Waals surface area contributed by atoms with Crippen molar-refractivity contribution in [1.82, 2.24) is 0 Å². The van der Waals surface area contributed by atoms with Crippen molar-refractivity contribution >= 4 is 17.5 Å². The third-order valence-corrected chi connectivity index (χ3v) is 5.91. The van der Waals surface area contributed by atoms with E-state index in [0.29, 0.717) is 41.3 Å². The minimum Gasteiger partial charge on any atom is -0.497 e. The van der Waals surface area contributed by atoms with Gasteiger partial charge in [-0.15, -0.1) is 0 Å². The van der Waals surface area contributed by atoms with Crippen LogP contribution in [0.5, 0.6) is 5.75 Å². The number of rotatable bonds is 5. The highest BCUT2D eigenvalue weighted by molar-refractivity contribution is 6.07. The fourth-order valence-electron chi connectivity index (χ4n) is 4.50. The van der Waals surface area contributed by atoms with Crippen molar-refractivity contribution in [2.75, 3.05) is 13.7 Å². The fraction of sp³-hybridized carbons (Fsp3) is 0.333. The molecule has 0 saturated carbocycles. The maximum Gasteiger partial charge on any atom is 0.338 e. The lowest BCUT2D eigenvalue weighted by Crippen LogP contribution is -2.34. The smallest absolute Gasteiger partial charge is 0.338 e. The Morgan fingerprint density at radius 2 is 1.75 bits per heavy atom. The molecule has 5 nitrogen and oxygen atoms in total. The van der Waals surface area contributed by atoms with Crippen LogP contribution in [0.2, 0.25) is 0 Å².